The van der Waals surface area contributed by atoms with E-state index < -0.39 is 0 Å². The Labute approximate surface area is 110 Å². The Morgan fingerprint density at radius 2 is 2.24 bits per heavy atom. The van der Waals surface area contributed by atoms with Gasteiger partial charge in [0.05, 0.1) is 12.2 Å². The third-order valence-electron chi connectivity index (χ3n) is 2.84. The van der Waals surface area contributed by atoms with Crippen molar-refractivity contribution in [3.63, 3.8) is 0 Å². The van der Waals surface area contributed by atoms with Crippen LogP contribution in [0.4, 0.5) is 0 Å². The minimum atomic E-state index is 0.383. The molecule has 4 heteroatoms. The van der Waals surface area contributed by atoms with Gasteiger partial charge in [0.25, 0.3) is 0 Å². The average molecular weight is 294 g/mol. The van der Waals surface area contributed by atoms with Crippen molar-refractivity contribution < 1.29 is 0 Å². The monoisotopic (exact) mass is 293 g/mol. The maximum absolute atomic E-state index is 4.36. The molecule has 17 heavy (non-hydrogen) atoms. The minimum absolute atomic E-state index is 0.383. The molecule has 0 fully saturated rings. The molecule has 0 amide bonds. The molecule has 1 unspecified atom stereocenters. The number of rotatable bonds is 4. The first-order valence-electron chi connectivity index (χ1n) is 5.62. The Balaban J connectivity index is 2.08. The second-order valence-electron chi connectivity index (χ2n) is 4.10. The average Bonchev–Trinajstić information content (AvgIpc) is 2.80. The summed E-state index contributed by atoms with van der Waals surface area (Å²) in [5.41, 5.74) is 2.36. The third-order valence-corrected chi connectivity index (χ3v) is 3.31. The molecule has 0 aliphatic rings. The molecule has 0 saturated carbocycles. The summed E-state index contributed by atoms with van der Waals surface area (Å²) >= 11 is 3.39. The Morgan fingerprint density at radius 3 is 2.88 bits per heavy atom. The number of nitrogens with one attached hydrogen (secondary N) is 1. The van der Waals surface area contributed by atoms with Crippen molar-refractivity contribution in [1.82, 2.24) is 14.9 Å². The molecular weight excluding hydrogens is 278 g/mol. The summed E-state index contributed by atoms with van der Waals surface area (Å²) in [6.45, 7) is 2.96. The van der Waals surface area contributed by atoms with Gasteiger partial charge in [0.15, 0.2) is 0 Å². The van der Waals surface area contributed by atoms with Crippen LogP contribution in [0.15, 0.2) is 41.3 Å². The molecule has 0 radical (unpaired) electrons. The third kappa shape index (κ3) is 3.17. The lowest BCUT2D eigenvalue weighted by atomic mass is 10.2. The molecule has 2 rings (SSSR count). The number of hydrogen-bond acceptors (Lipinski definition) is 2. The first kappa shape index (κ1) is 12.3. The fourth-order valence-corrected chi connectivity index (χ4v) is 1.90. The SMILES string of the molecule is CNC(C)c1ccn(Cc2ccc(Br)cn2)c1. The van der Waals surface area contributed by atoms with Crippen LogP contribution >= 0.6 is 15.9 Å². The van der Waals surface area contributed by atoms with Gasteiger partial charge in [-0.05, 0) is 53.7 Å². The summed E-state index contributed by atoms with van der Waals surface area (Å²) in [6, 6.07) is 6.57. The van der Waals surface area contributed by atoms with E-state index in [2.05, 4.69) is 56.2 Å². The number of nitrogens with zero attached hydrogens (tertiary/aromatic N) is 2. The van der Waals surface area contributed by atoms with Crippen molar-refractivity contribution in [3.05, 3.63) is 52.5 Å². The molecule has 0 saturated heterocycles. The van der Waals surface area contributed by atoms with Gasteiger partial charge >= 0.3 is 0 Å². The van der Waals surface area contributed by atoms with E-state index in [0.29, 0.717) is 6.04 Å². The van der Waals surface area contributed by atoms with Crippen molar-refractivity contribution in [2.75, 3.05) is 7.05 Å². The zero-order valence-electron chi connectivity index (χ0n) is 10.0. The fraction of sp³-hybridized carbons (Fsp3) is 0.308. The Morgan fingerprint density at radius 1 is 1.41 bits per heavy atom. The molecule has 1 N–H and O–H groups in total. The summed E-state index contributed by atoms with van der Waals surface area (Å²) in [4.78, 5) is 4.36. The van der Waals surface area contributed by atoms with Crippen LogP contribution in [0, 0.1) is 0 Å². The van der Waals surface area contributed by atoms with Crippen LogP contribution in [0.3, 0.4) is 0 Å². The van der Waals surface area contributed by atoms with E-state index in [9.17, 15) is 0 Å². The molecule has 0 aliphatic carbocycles. The van der Waals surface area contributed by atoms with E-state index in [-0.39, 0.29) is 0 Å². The summed E-state index contributed by atoms with van der Waals surface area (Å²) in [7, 11) is 1.97. The van der Waals surface area contributed by atoms with Gasteiger partial charge in [0.2, 0.25) is 0 Å². The number of pyridine rings is 1. The van der Waals surface area contributed by atoms with E-state index in [4.69, 9.17) is 0 Å². The predicted molar refractivity (Wildman–Crippen MR) is 72.9 cm³/mol. The lowest BCUT2D eigenvalue weighted by Gasteiger charge is -2.07. The molecular formula is C13H16BrN3. The van der Waals surface area contributed by atoms with E-state index in [1.807, 2.05) is 25.4 Å². The first-order valence-corrected chi connectivity index (χ1v) is 6.41. The van der Waals surface area contributed by atoms with Gasteiger partial charge in [-0.15, -0.1) is 0 Å². The summed E-state index contributed by atoms with van der Waals surface area (Å²) < 4.78 is 3.16. The van der Waals surface area contributed by atoms with Gasteiger partial charge < -0.3 is 9.88 Å². The summed E-state index contributed by atoms with van der Waals surface area (Å²) in [6.07, 6.45) is 6.08. The molecule has 2 heterocycles. The van der Waals surface area contributed by atoms with Crippen molar-refractivity contribution in [2.24, 2.45) is 0 Å². The van der Waals surface area contributed by atoms with Crippen LogP contribution in [0.25, 0.3) is 0 Å². The first-order chi connectivity index (χ1) is 8.19. The van der Waals surface area contributed by atoms with Crippen molar-refractivity contribution >= 4 is 15.9 Å². The van der Waals surface area contributed by atoms with Gasteiger partial charge in [0, 0.05) is 29.1 Å². The van der Waals surface area contributed by atoms with E-state index >= 15 is 0 Å². The highest BCUT2D eigenvalue weighted by Crippen LogP contribution is 2.13. The topological polar surface area (TPSA) is 29.9 Å². The van der Waals surface area contributed by atoms with Crippen molar-refractivity contribution in [3.8, 4) is 0 Å². The normalized spacial score (nSPS) is 12.6. The van der Waals surface area contributed by atoms with Crippen molar-refractivity contribution in [1.29, 1.82) is 0 Å². The zero-order chi connectivity index (χ0) is 12.3. The molecule has 0 spiro atoms. The van der Waals surface area contributed by atoms with E-state index in [0.717, 1.165) is 16.7 Å². The van der Waals surface area contributed by atoms with Crippen LogP contribution in [-0.4, -0.2) is 16.6 Å². The second-order valence-corrected chi connectivity index (χ2v) is 5.01. The standard InChI is InChI=1S/C13H16BrN3/c1-10(15-2)11-5-6-17(8-11)9-13-4-3-12(14)7-16-13/h3-8,10,15H,9H2,1-2H3. The van der Waals surface area contributed by atoms with Gasteiger partial charge in [-0.3, -0.25) is 4.98 Å². The van der Waals surface area contributed by atoms with Gasteiger partial charge in [-0.1, -0.05) is 0 Å². The highest BCUT2D eigenvalue weighted by Gasteiger charge is 2.04. The summed E-state index contributed by atoms with van der Waals surface area (Å²) in [5, 5.41) is 3.23. The Hall–Kier alpha value is -1.13. The molecule has 2 aromatic heterocycles. The molecule has 2 aromatic rings. The van der Waals surface area contributed by atoms with Crippen LogP contribution in [0.2, 0.25) is 0 Å². The Kier molecular flexibility index (Phi) is 3.97. The predicted octanol–water partition coefficient (Wildman–Crippen LogP) is 2.97. The molecule has 90 valence electrons. The molecule has 0 aliphatic heterocycles. The molecule has 1 atom stereocenters. The highest BCUT2D eigenvalue weighted by atomic mass is 79.9. The molecule has 0 bridgehead atoms. The Bertz CT molecular complexity index is 476. The lowest BCUT2D eigenvalue weighted by molar-refractivity contribution is 0.648. The quantitative estimate of drug-likeness (QED) is 0.939. The highest BCUT2D eigenvalue weighted by molar-refractivity contribution is 9.10. The fourth-order valence-electron chi connectivity index (χ4n) is 1.67. The lowest BCUT2D eigenvalue weighted by Crippen LogP contribution is -2.11. The maximum atomic E-state index is 4.36. The van der Waals surface area contributed by atoms with Crippen molar-refractivity contribution in [2.45, 2.75) is 19.5 Å². The number of halogens is 1. The number of hydrogen-bond donors (Lipinski definition) is 1. The van der Waals surface area contributed by atoms with Gasteiger partial charge in [-0.2, -0.15) is 0 Å². The van der Waals surface area contributed by atoms with E-state index in [1.165, 1.54) is 5.56 Å². The smallest absolute Gasteiger partial charge is 0.0642 e. The second kappa shape index (κ2) is 5.47. The minimum Gasteiger partial charge on any atom is -0.348 e. The number of aromatic nitrogens is 2. The van der Waals surface area contributed by atoms with Gasteiger partial charge in [0.1, 0.15) is 0 Å². The molecule has 3 nitrogen and oxygen atoms in total. The van der Waals surface area contributed by atoms with Crippen LogP contribution in [-0.2, 0) is 6.54 Å². The van der Waals surface area contributed by atoms with Crippen LogP contribution in [0.1, 0.15) is 24.2 Å². The van der Waals surface area contributed by atoms with E-state index in [1.54, 1.807) is 0 Å². The van der Waals surface area contributed by atoms with Gasteiger partial charge in [-0.25, -0.2) is 0 Å². The largest absolute Gasteiger partial charge is 0.348 e. The zero-order valence-corrected chi connectivity index (χ0v) is 11.6. The maximum Gasteiger partial charge on any atom is 0.0642 e. The molecule has 0 aromatic carbocycles. The van der Waals surface area contributed by atoms with Crippen LogP contribution < -0.4 is 5.32 Å². The van der Waals surface area contributed by atoms with Crippen LogP contribution in [0.5, 0.6) is 0 Å². The summed E-state index contributed by atoms with van der Waals surface area (Å²) in [5.74, 6) is 0.